The maximum Gasteiger partial charge on any atom is 0.407 e. The number of hydrogen-bond donors (Lipinski definition) is 1. The molecule has 1 aromatic rings. The lowest BCUT2D eigenvalue weighted by molar-refractivity contribution is 0.146. The largest absolute Gasteiger partial charge is 0.465 e. The quantitative estimate of drug-likeness (QED) is 0.789. The van der Waals surface area contributed by atoms with E-state index in [9.17, 15) is 9.90 Å². The third kappa shape index (κ3) is 1.63. The van der Waals surface area contributed by atoms with Crippen molar-refractivity contribution in [1.29, 1.82) is 0 Å². The predicted molar refractivity (Wildman–Crippen MR) is 77.5 cm³/mol. The molecule has 106 valence electrons. The number of amides is 1. The van der Waals surface area contributed by atoms with Gasteiger partial charge in [0, 0.05) is 37.3 Å². The summed E-state index contributed by atoms with van der Waals surface area (Å²) in [7, 11) is 0. The summed E-state index contributed by atoms with van der Waals surface area (Å²) in [6.45, 7) is 2.49. The van der Waals surface area contributed by atoms with Gasteiger partial charge in [-0.15, -0.1) is 0 Å². The van der Waals surface area contributed by atoms with Crippen molar-refractivity contribution in [2.75, 3.05) is 24.5 Å². The van der Waals surface area contributed by atoms with Gasteiger partial charge in [0.1, 0.15) is 0 Å². The van der Waals surface area contributed by atoms with Gasteiger partial charge in [0.05, 0.1) is 0 Å². The number of hydrogen-bond acceptors (Lipinski definition) is 2. The highest BCUT2D eigenvalue weighted by Gasteiger charge is 2.42. The number of aryl methyl sites for hydroxylation is 1. The molecule has 3 heterocycles. The van der Waals surface area contributed by atoms with Gasteiger partial charge in [-0.2, -0.15) is 0 Å². The Labute approximate surface area is 119 Å². The number of carbonyl (C=O) groups is 1. The minimum Gasteiger partial charge on any atom is -0.465 e. The molecule has 1 fully saturated rings. The monoisotopic (exact) mass is 272 g/mol. The highest BCUT2D eigenvalue weighted by molar-refractivity contribution is 5.69. The summed E-state index contributed by atoms with van der Waals surface area (Å²) in [6, 6.07) is 7.22. The van der Waals surface area contributed by atoms with Crippen molar-refractivity contribution in [2.24, 2.45) is 0 Å². The second kappa shape index (κ2) is 4.40. The minimum atomic E-state index is -0.766. The van der Waals surface area contributed by atoms with E-state index in [1.54, 1.807) is 4.90 Å². The summed E-state index contributed by atoms with van der Waals surface area (Å²) in [5.74, 6) is 0.521. The summed E-state index contributed by atoms with van der Waals surface area (Å²) >= 11 is 0. The lowest BCUT2D eigenvalue weighted by Gasteiger charge is -2.33. The van der Waals surface area contributed by atoms with E-state index >= 15 is 0 Å². The molecule has 0 spiro atoms. The van der Waals surface area contributed by atoms with E-state index in [0.29, 0.717) is 25.0 Å². The number of nitrogens with zero attached hydrogens (tertiary/aromatic N) is 2. The first kappa shape index (κ1) is 12.1. The normalized spacial score (nSPS) is 27.8. The molecule has 0 aliphatic carbocycles. The first-order valence-corrected chi connectivity index (χ1v) is 7.62. The Kier molecular flexibility index (Phi) is 2.65. The average molecular weight is 272 g/mol. The van der Waals surface area contributed by atoms with Crippen LogP contribution in [-0.2, 0) is 6.42 Å². The summed E-state index contributed by atoms with van der Waals surface area (Å²) < 4.78 is 0. The van der Waals surface area contributed by atoms with E-state index in [2.05, 4.69) is 23.1 Å². The predicted octanol–water partition coefficient (Wildman–Crippen LogP) is 2.68. The molecule has 1 aromatic carbocycles. The molecule has 1 N–H and O–H groups in total. The lowest BCUT2D eigenvalue weighted by atomic mass is 9.90. The van der Waals surface area contributed by atoms with Crippen LogP contribution in [0.1, 0.15) is 36.3 Å². The standard InChI is InChI=1S/C16H20N2O2/c19-16(20)17-9-6-12-13-5-1-3-11-4-2-8-18(15(11)13)14(12)7-10-17/h1,3,5,12,14H,2,4,6-10H2,(H,19,20). The molecule has 1 saturated heterocycles. The van der Waals surface area contributed by atoms with E-state index in [1.807, 2.05) is 0 Å². The fourth-order valence-electron chi connectivity index (χ4n) is 4.36. The van der Waals surface area contributed by atoms with Crippen LogP contribution >= 0.6 is 0 Å². The van der Waals surface area contributed by atoms with Crippen molar-refractivity contribution in [3.63, 3.8) is 0 Å². The Morgan fingerprint density at radius 3 is 2.90 bits per heavy atom. The Hall–Kier alpha value is -1.71. The second-order valence-corrected chi connectivity index (χ2v) is 6.17. The summed E-state index contributed by atoms with van der Waals surface area (Å²) in [4.78, 5) is 15.4. The van der Waals surface area contributed by atoms with Crippen molar-refractivity contribution in [1.82, 2.24) is 4.90 Å². The maximum absolute atomic E-state index is 11.2. The van der Waals surface area contributed by atoms with Crippen LogP contribution in [0.2, 0.25) is 0 Å². The topological polar surface area (TPSA) is 43.8 Å². The van der Waals surface area contributed by atoms with Crippen molar-refractivity contribution in [3.8, 4) is 0 Å². The van der Waals surface area contributed by atoms with Gasteiger partial charge in [0.15, 0.2) is 0 Å². The fourth-order valence-corrected chi connectivity index (χ4v) is 4.36. The summed E-state index contributed by atoms with van der Waals surface area (Å²) in [5.41, 5.74) is 4.45. The third-order valence-corrected chi connectivity index (χ3v) is 5.22. The molecule has 0 radical (unpaired) electrons. The van der Waals surface area contributed by atoms with Gasteiger partial charge in [-0.05, 0) is 36.8 Å². The zero-order chi connectivity index (χ0) is 13.7. The first-order chi connectivity index (χ1) is 9.75. The van der Waals surface area contributed by atoms with E-state index in [-0.39, 0.29) is 0 Å². The number of carboxylic acid groups (broad SMARTS) is 1. The molecule has 2 unspecified atom stereocenters. The Bertz CT molecular complexity index is 557. The molecule has 4 rings (SSSR count). The summed E-state index contributed by atoms with van der Waals surface area (Å²) in [5, 5.41) is 9.21. The van der Waals surface area contributed by atoms with E-state index in [1.165, 1.54) is 29.7 Å². The maximum atomic E-state index is 11.2. The van der Waals surface area contributed by atoms with Crippen LogP contribution in [0.5, 0.6) is 0 Å². The molecular weight excluding hydrogens is 252 g/mol. The van der Waals surface area contributed by atoms with Gasteiger partial charge in [-0.25, -0.2) is 4.79 Å². The first-order valence-electron chi connectivity index (χ1n) is 7.62. The number of para-hydroxylation sites is 1. The minimum absolute atomic E-state index is 0.510. The van der Waals surface area contributed by atoms with Crippen LogP contribution in [-0.4, -0.2) is 41.8 Å². The van der Waals surface area contributed by atoms with Crippen molar-refractivity contribution >= 4 is 11.8 Å². The van der Waals surface area contributed by atoms with Crippen LogP contribution in [0, 0.1) is 0 Å². The molecule has 0 bridgehead atoms. The highest BCUT2D eigenvalue weighted by Crippen LogP contribution is 2.48. The molecule has 2 atom stereocenters. The van der Waals surface area contributed by atoms with Crippen LogP contribution in [0.3, 0.4) is 0 Å². The molecular formula is C16H20N2O2. The van der Waals surface area contributed by atoms with Crippen LogP contribution in [0.4, 0.5) is 10.5 Å². The van der Waals surface area contributed by atoms with E-state index in [0.717, 1.165) is 19.4 Å². The molecule has 1 amide bonds. The second-order valence-electron chi connectivity index (χ2n) is 6.17. The van der Waals surface area contributed by atoms with E-state index in [4.69, 9.17) is 0 Å². The third-order valence-electron chi connectivity index (χ3n) is 5.22. The SMILES string of the molecule is O=C(O)N1CCC2c3cccc4c3N(CCC4)C2CC1. The van der Waals surface area contributed by atoms with Crippen molar-refractivity contribution in [3.05, 3.63) is 29.3 Å². The van der Waals surface area contributed by atoms with Crippen LogP contribution in [0.25, 0.3) is 0 Å². The molecule has 20 heavy (non-hydrogen) atoms. The average Bonchev–Trinajstić information content (AvgIpc) is 2.63. The van der Waals surface area contributed by atoms with Gasteiger partial charge in [-0.1, -0.05) is 18.2 Å². The summed E-state index contributed by atoms with van der Waals surface area (Å²) in [6.07, 6.45) is 3.58. The van der Waals surface area contributed by atoms with Gasteiger partial charge < -0.3 is 14.9 Å². The molecule has 4 heteroatoms. The number of rotatable bonds is 0. The highest BCUT2D eigenvalue weighted by atomic mass is 16.4. The smallest absolute Gasteiger partial charge is 0.407 e. The van der Waals surface area contributed by atoms with Crippen molar-refractivity contribution in [2.45, 2.75) is 37.6 Å². The molecule has 3 aliphatic heterocycles. The number of fused-ring (bicyclic) bond motifs is 3. The van der Waals surface area contributed by atoms with E-state index < -0.39 is 6.09 Å². The van der Waals surface area contributed by atoms with Crippen LogP contribution in [0.15, 0.2) is 18.2 Å². The Morgan fingerprint density at radius 2 is 2.05 bits per heavy atom. The Morgan fingerprint density at radius 1 is 1.20 bits per heavy atom. The van der Waals surface area contributed by atoms with Gasteiger partial charge >= 0.3 is 6.09 Å². The number of benzene rings is 1. The molecule has 0 saturated carbocycles. The number of likely N-dealkylation sites (tertiary alicyclic amines) is 1. The number of anilines is 1. The van der Waals surface area contributed by atoms with Crippen molar-refractivity contribution < 1.29 is 9.90 Å². The zero-order valence-corrected chi connectivity index (χ0v) is 11.6. The molecule has 4 nitrogen and oxygen atoms in total. The fraction of sp³-hybridized carbons (Fsp3) is 0.562. The molecule has 0 aromatic heterocycles. The lowest BCUT2D eigenvalue weighted by Crippen LogP contribution is -2.38. The van der Waals surface area contributed by atoms with Crippen LogP contribution < -0.4 is 4.90 Å². The van der Waals surface area contributed by atoms with Gasteiger partial charge in [-0.3, -0.25) is 0 Å². The van der Waals surface area contributed by atoms with Gasteiger partial charge in [0.2, 0.25) is 0 Å². The zero-order valence-electron chi connectivity index (χ0n) is 11.6. The van der Waals surface area contributed by atoms with Gasteiger partial charge in [0.25, 0.3) is 0 Å². The molecule has 3 aliphatic rings. The Balaban J connectivity index is 1.71.